The summed E-state index contributed by atoms with van der Waals surface area (Å²) in [6.07, 6.45) is 6.01. The van der Waals surface area contributed by atoms with Crippen LogP contribution in [-0.4, -0.2) is 37.9 Å². The molecule has 1 unspecified atom stereocenters. The Bertz CT molecular complexity index is 972. The lowest BCUT2D eigenvalue weighted by molar-refractivity contribution is 0.0552. The molecule has 1 heterocycles. The topological polar surface area (TPSA) is 70.0 Å². The van der Waals surface area contributed by atoms with Crippen LogP contribution < -0.4 is 4.90 Å². The summed E-state index contributed by atoms with van der Waals surface area (Å²) in [6, 6.07) is 14.0. The molecular weight excluding hydrogens is 408 g/mol. The van der Waals surface area contributed by atoms with Crippen LogP contribution in [0.2, 0.25) is 5.02 Å². The number of rotatable bonds is 8. The molecule has 0 saturated carbocycles. The number of aliphatic hydroxyl groups is 1. The van der Waals surface area contributed by atoms with E-state index in [1.54, 1.807) is 36.4 Å². The molecule has 1 aliphatic heterocycles. The molecule has 29 heavy (non-hydrogen) atoms. The van der Waals surface area contributed by atoms with Gasteiger partial charge in [-0.3, -0.25) is 0 Å². The number of β-amino-alcohol motifs (C(OH)–C–C–N with tert-alkyl or cyclic N) is 1. The van der Waals surface area contributed by atoms with Crippen LogP contribution in [0.25, 0.3) is 0 Å². The molecule has 1 N–H and O–H groups in total. The number of unbranched alkanes of at least 4 members (excludes halogenated alkanes) is 3. The maximum absolute atomic E-state index is 11.8. The summed E-state index contributed by atoms with van der Waals surface area (Å²) >= 11 is 6.03. The van der Waals surface area contributed by atoms with Crippen LogP contribution in [0.3, 0.4) is 0 Å². The van der Waals surface area contributed by atoms with Gasteiger partial charge in [-0.1, -0.05) is 37.8 Å². The van der Waals surface area contributed by atoms with Gasteiger partial charge in [0.1, 0.15) is 5.84 Å². The fraction of sp³-hybridized carbons (Fsp3) is 0.409. The smallest absolute Gasteiger partial charge is 0.176 e. The summed E-state index contributed by atoms with van der Waals surface area (Å²) in [6.45, 7) is 2.51. The lowest BCUT2D eigenvalue weighted by Gasteiger charge is -2.24. The van der Waals surface area contributed by atoms with Crippen molar-refractivity contribution in [1.82, 2.24) is 0 Å². The summed E-state index contributed by atoms with van der Waals surface area (Å²) in [5.74, 6) is 0.630. The Morgan fingerprint density at radius 3 is 2.31 bits per heavy atom. The number of amidine groups is 1. The van der Waals surface area contributed by atoms with Gasteiger partial charge in [0, 0.05) is 22.5 Å². The number of hydrogen-bond donors (Lipinski definition) is 1. The van der Waals surface area contributed by atoms with E-state index in [1.807, 2.05) is 17.0 Å². The summed E-state index contributed by atoms with van der Waals surface area (Å²) in [4.78, 5) is 6.90. The van der Waals surface area contributed by atoms with Gasteiger partial charge in [0.2, 0.25) is 0 Å². The Morgan fingerprint density at radius 1 is 1.07 bits per heavy atom. The fourth-order valence-corrected chi connectivity index (χ4v) is 4.25. The van der Waals surface area contributed by atoms with Crippen LogP contribution in [0, 0.1) is 0 Å². The molecule has 7 heteroatoms. The normalized spacial score (nSPS) is 19.4. The molecule has 0 bridgehead atoms. The number of nitrogens with zero attached hydrogens (tertiary/aromatic N) is 2. The highest BCUT2D eigenvalue weighted by atomic mass is 35.5. The van der Waals surface area contributed by atoms with Gasteiger partial charge >= 0.3 is 0 Å². The summed E-state index contributed by atoms with van der Waals surface area (Å²) in [5, 5.41) is 11.8. The first-order valence-electron chi connectivity index (χ1n) is 9.88. The summed E-state index contributed by atoms with van der Waals surface area (Å²) < 4.78 is 23.5. The molecular formula is C22H27ClN2O3S. The van der Waals surface area contributed by atoms with Gasteiger partial charge in [0.15, 0.2) is 15.6 Å². The molecule has 1 atom stereocenters. The number of benzene rings is 2. The summed E-state index contributed by atoms with van der Waals surface area (Å²) in [7, 11) is -3.27. The molecule has 0 amide bonds. The average Bonchev–Trinajstić information content (AvgIpc) is 3.03. The molecule has 0 saturated heterocycles. The van der Waals surface area contributed by atoms with Gasteiger partial charge in [0.25, 0.3) is 0 Å². The van der Waals surface area contributed by atoms with Crippen LogP contribution in [0.15, 0.2) is 58.4 Å². The molecule has 0 aliphatic carbocycles. The van der Waals surface area contributed by atoms with Crippen molar-refractivity contribution >= 4 is 33.0 Å². The van der Waals surface area contributed by atoms with Crippen molar-refractivity contribution in [3.05, 3.63) is 59.1 Å². The molecule has 5 nitrogen and oxygen atoms in total. The van der Waals surface area contributed by atoms with Crippen molar-refractivity contribution in [3.8, 4) is 0 Å². The van der Waals surface area contributed by atoms with Gasteiger partial charge in [0.05, 0.1) is 11.4 Å². The van der Waals surface area contributed by atoms with Crippen molar-refractivity contribution in [3.63, 3.8) is 0 Å². The van der Waals surface area contributed by atoms with Crippen molar-refractivity contribution < 1.29 is 13.5 Å². The highest BCUT2D eigenvalue weighted by Crippen LogP contribution is 2.32. The minimum Gasteiger partial charge on any atom is -0.368 e. The third kappa shape index (κ3) is 5.38. The quantitative estimate of drug-likeness (QED) is 0.613. The first-order valence-corrected chi connectivity index (χ1v) is 12.1. The number of sulfone groups is 1. The van der Waals surface area contributed by atoms with Gasteiger partial charge in [-0.05, 0) is 61.4 Å². The predicted molar refractivity (Wildman–Crippen MR) is 119 cm³/mol. The molecule has 0 spiro atoms. The van der Waals surface area contributed by atoms with Gasteiger partial charge in [-0.25, -0.2) is 13.4 Å². The molecule has 0 fully saturated rings. The first-order chi connectivity index (χ1) is 13.7. The minimum absolute atomic E-state index is 0.257. The van der Waals surface area contributed by atoms with E-state index in [-0.39, 0.29) is 4.90 Å². The van der Waals surface area contributed by atoms with Crippen molar-refractivity contribution in [2.45, 2.75) is 49.6 Å². The zero-order valence-electron chi connectivity index (χ0n) is 16.8. The highest BCUT2D eigenvalue weighted by molar-refractivity contribution is 7.90. The summed E-state index contributed by atoms with van der Waals surface area (Å²) in [5.41, 5.74) is 0.472. The van der Waals surface area contributed by atoms with Crippen molar-refractivity contribution in [2.75, 3.05) is 17.7 Å². The lowest BCUT2D eigenvalue weighted by atomic mass is 10.0. The second kappa shape index (κ2) is 8.86. The van der Waals surface area contributed by atoms with Gasteiger partial charge in [-0.2, -0.15) is 0 Å². The van der Waals surface area contributed by atoms with E-state index in [0.717, 1.165) is 36.9 Å². The maximum atomic E-state index is 11.8. The fourth-order valence-electron chi connectivity index (χ4n) is 3.50. The molecule has 0 radical (unpaired) electrons. The number of halogens is 1. The predicted octanol–water partition coefficient (Wildman–Crippen LogP) is 4.67. The van der Waals surface area contributed by atoms with E-state index in [9.17, 15) is 13.5 Å². The Labute approximate surface area is 178 Å². The van der Waals surface area contributed by atoms with Crippen LogP contribution in [0.1, 0.15) is 44.6 Å². The molecule has 2 aromatic carbocycles. The molecule has 3 rings (SSSR count). The van der Waals surface area contributed by atoms with Gasteiger partial charge in [-0.15, -0.1) is 0 Å². The zero-order chi connectivity index (χ0) is 21.1. The maximum Gasteiger partial charge on any atom is 0.176 e. The standard InChI is InChI=1S/C22H27ClN2O3S/c1-3-4-5-6-15-22(26)16-25(19-11-9-18(23)10-12-19)21(24-22)17-7-13-20(14-8-17)29(2,27)28/h7-14,26H,3-6,15-16H2,1-2H3. The second-order valence-electron chi connectivity index (χ2n) is 7.59. The van der Waals surface area contributed by atoms with E-state index in [1.165, 1.54) is 6.26 Å². The third-order valence-corrected chi connectivity index (χ3v) is 6.47. The number of anilines is 1. The van der Waals surface area contributed by atoms with Crippen molar-refractivity contribution in [1.29, 1.82) is 0 Å². The highest BCUT2D eigenvalue weighted by Gasteiger charge is 2.38. The zero-order valence-corrected chi connectivity index (χ0v) is 18.4. The molecule has 2 aromatic rings. The van der Waals surface area contributed by atoms with E-state index in [0.29, 0.717) is 23.8 Å². The second-order valence-corrected chi connectivity index (χ2v) is 10.0. The molecule has 0 aromatic heterocycles. The van der Waals surface area contributed by atoms with E-state index < -0.39 is 15.6 Å². The molecule has 1 aliphatic rings. The Balaban J connectivity index is 1.93. The van der Waals surface area contributed by atoms with Crippen LogP contribution in [0.4, 0.5) is 5.69 Å². The van der Waals surface area contributed by atoms with Crippen molar-refractivity contribution in [2.24, 2.45) is 4.99 Å². The number of aliphatic imine (C=N–C) groups is 1. The lowest BCUT2D eigenvalue weighted by Crippen LogP contribution is -2.36. The largest absolute Gasteiger partial charge is 0.368 e. The van der Waals surface area contributed by atoms with Crippen LogP contribution >= 0.6 is 11.6 Å². The van der Waals surface area contributed by atoms with E-state index in [2.05, 4.69) is 11.9 Å². The third-order valence-electron chi connectivity index (χ3n) is 5.09. The monoisotopic (exact) mass is 434 g/mol. The molecule has 156 valence electrons. The average molecular weight is 435 g/mol. The van der Waals surface area contributed by atoms with E-state index in [4.69, 9.17) is 11.6 Å². The number of hydrogen-bond acceptors (Lipinski definition) is 5. The Hall–Kier alpha value is -1.89. The minimum atomic E-state index is -3.27. The van der Waals surface area contributed by atoms with E-state index >= 15 is 0 Å². The first kappa shape index (κ1) is 21.8. The Morgan fingerprint density at radius 2 is 1.72 bits per heavy atom. The van der Waals surface area contributed by atoms with Crippen LogP contribution in [-0.2, 0) is 9.84 Å². The SMILES string of the molecule is CCCCCCC1(O)CN(c2ccc(Cl)cc2)C(c2ccc(S(C)(=O)=O)cc2)=N1. The van der Waals surface area contributed by atoms with Crippen LogP contribution in [0.5, 0.6) is 0 Å². The Kier molecular flexibility index (Phi) is 6.66. The van der Waals surface area contributed by atoms with Gasteiger partial charge < -0.3 is 10.0 Å².